The number of aromatic nitrogens is 2. The van der Waals surface area contributed by atoms with E-state index in [0.29, 0.717) is 5.88 Å². The summed E-state index contributed by atoms with van der Waals surface area (Å²) in [6, 6.07) is 5.86. The lowest BCUT2D eigenvalue weighted by Gasteiger charge is -2.12. The smallest absolute Gasteiger partial charge is 0.227 e. The summed E-state index contributed by atoms with van der Waals surface area (Å²) in [5, 5.41) is 3.05. The predicted octanol–water partition coefficient (Wildman–Crippen LogP) is 3.94. The molecule has 19 heavy (non-hydrogen) atoms. The highest BCUT2D eigenvalue weighted by molar-refractivity contribution is 9.10. The van der Waals surface area contributed by atoms with Crippen molar-refractivity contribution >= 4 is 21.7 Å². The highest BCUT2D eigenvalue weighted by Crippen LogP contribution is 2.29. The molecule has 5 heteroatoms. The molecule has 0 aliphatic rings. The van der Waals surface area contributed by atoms with E-state index in [9.17, 15) is 0 Å². The number of hydrogen-bond acceptors (Lipinski definition) is 4. The van der Waals surface area contributed by atoms with Gasteiger partial charge in [-0.2, -0.15) is 0 Å². The molecule has 0 fully saturated rings. The van der Waals surface area contributed by atoms with E-state index in [1.165, 1.54) is 6.33 Å². The lowest BCUT2D eigenvalue weighted by atomic mass is 10.2. The monoisotopic (exact) mass is 321 g/mol. The standard InChI is InChI=1S/C14H16BrN3O/c1-4-11-13(16-3)17-8-18-14(11)19-10-5-6-12(15)9(2)7-10/h5-8H,4H2,1-3H3,(H,16,17,18). The molecule has 1 heterocycles. The Morgan fingerprint density at radius 2 is 2.11 bits per heavy atom. The fourth-order valence-electron chi connectivity index (χ4n) is 1.81. The zero-order chi connectivity index (χ0) is 13.8. The summed E-state index contributed by atoms with van der Waals surface area (Å²) in [5.41, 5.74) is 2.10. The van der Waals surface area contributed by atoms with Crippen LogP contribution in [0.25, 0.3) is 0 Å². The van der Waals surface area contributed by atoms with Gasteiger partial charge in [0.2, 0.25) is 5.88 Å². The van der Waals surface area contributed by atoms with E-state index in [1.54, 1.807) is 0 Å². The van der Waals surface area contributed by atoms with Crippen LogP contribution in [0.2, 0.25) is 0 Å². The molecule has 2 aromatic rings. The Hall–Kier alpha value is -1.62. The van der Waals surface area contributed by atoms with Gasteiger partial charge in [-0.3, -0.25) is 0 Å². The second-order valence-corrected chi connectivity index (χ2v) is 4.98. The normalized spacial score (nSPS) is 10.3. The minimum absolute atomic E-state index is 0.601. The molecule has 2 rings (SSSR count). The van der Waals surface area contributed by atoms with E-state index in [0.717, 1.165) is 33.6 Å². The third kappa shape index (κ3) is 3.04. The number of hydrogen-bond donors (Lipinski definition) is 1. The molecule has 0 amide bonds. The molecule has 0 unspecified atom stereocenters. The molecule has 100 valence electrons. The average molecular weight is 322 g/mol. The molecular weight excluding hydrogens is 306 g/mol. The van der Waals surface area contributed by atoms with Crippen LogP contribution < -0.4 is 10.1 Å². The number of nitrogens with one attached hydrogen (secondary N) is 1. The summed E-state index contributed by atoms with van der Waals surface area (Å²) >= 11 is 3.47. The number of nitrogens with zero attached hydrogens (tertiary/aromatic N) is 2. The van der Waals surface area contributed by atoms with Crippen LogP contribution in [0.5, 0.6) is 11.6 Å². The number of aryl methyl sites for hydroxylation is 1. The molecule has 0 aliphatic heterocycles. The van der Waals surface area contributed by atoms with Crippen LogP contribution >= 0.6 is 15.9 Å². The van der Waals surface area contributed by atoms with Crippen molar-refractivity contribution in [3.05, 3.63) is 40.1 Å². The first-order valence-electron chi connectivity index (χ1n) is 6.11. The molecular formula is C14H16BrN3O. The summed E-state index contributed by atoms with van der Waals surface area (Å²) < 4.78 is 6.93. The highest BCUT2D eigenvalue weighted by atomic mass is 79.9. The van der Waals surface area contributed by atoms with Crippen LogP contribution in [0.15, 0.2) is 29.0 Å². The molecule has 1 N–H and O–H groups in total. The Bertz CT molecular complexity index is 587. The molecule has 1 aromatic carbocycles. The molecule has 0 saturated heterocycles. The second-order valence-electron chi connectivity index (χ2n) is 4.12. The number of rotatable bonds is 4. The van der Waals surface area contributed by atoms with Crippen LogP contribution in [0.4, 0.5) is 5.82 Å². The molecule has 1 aromatic heterocycles. The zero-order valence-electron chi connectivity index (χ0n) is 11.2. The Morgan fingerprint density at radius 3 is 2.74 bits per heavy atom. The molecule has 4 nitrogen and oxygen atoms in total. The van der Waals surface area contributed by atoms with Gasteiger partial charge in [0, 0.05) is 11.5 Å². The summed E-state index contributed by atoms with van der Waals surface area (Å²) in [4.78, 5) is 8.41. The van der Waals surface area contributed by atoms with Gasteiger partial charge in [-0.05, 0) is 37.1 Å². The minimum Gasteiger partial charge on any atom is -0.439 e. The van der Waals surface area contributed by atoms with E-state index in [2.05, 4.69) is 38.1 Å². The van der Waals surface area contributed by atoms with Crippen molar-refractivity contribution in [3.8, 4) is 11.6 Å². The quantitative estimate of drug-likeness (QED) is 0.926. The van der Waals surface area contributed by atoms with E-state index in [4.69, 9.17) is 4.74 Å². The van der Waals surface area contributed by atoms with E-state index < -0.39 is 0 Å². The molecule has 0 saturated carbocycles. The van der Waals surface area contributed by atoms with Crippen LogP contribution in [0.1, 0.15) is 18.1 Å². The van der Waals surface area contributed by atoms with Gasteiger partial charge in [-0.1, -0.05) is 22.9 Å². The van der Waals surface area contributed by atoms with Crippen molar-refractivity contribution in [3.63, 3.8) is 0 Å². The van der Waals surface area contributed by atoms with Gasteiger partial charge in [0.25, 0.3) is 0 Å². The van der Waals surface area contributed by atoms with Gasteiger partial charge >= 0.3 is 0 Å². The fraction of sp³-hybridized carbons (Fsp3) is 0.286. The Balaban J connectivity index is 2.35. The summed E-state index contributed by atoms with van der Waals surface area (Å²) in [6.07, 6.45) is 2.31. The van der Waals surface area contributed by atoms with Crippen LogP contribution in [-0.4, -0.2) is 17.0 Å². The first-order chi connectivity index (χ1) is 9.15. The molecule has 0 spiro atoms. The summed E-state index contributed by atoms with van der Waals surface area (Å²) in [7, 11) is 1.84. The Kier molecular flexibility index (Phi) is 4.37. The lowest BCUT2D eigenvalue weighted by molar-refractivity contribution is 0.455. The first-order valence-corrected chi connectivity index (χ1v) is 6.90. The van der Waals surface area contributed by atoms with Crippen molar-refractivity contribution in [2.75, 3.05) is 12.4 Å². The topological polar surface area (TPSA) is 47.0 Å². The fourth-order valence-corrected chi connectivity index (χ4v) is 2.06. The Labute approximate surface area is 121 Å². The highest BCUT2D eigenvalue weighted by Gasteiger charge is 2.11. The van der Waals surface area contributed by atoms with Crippen LogP contribution in [0.3, 0.4) is 0 Å². The zero-order valence-corrected chi connectivity index (χ0v) is 12.8. The maximum atomic E-state index is 5.87. The SMILES string of the molecule is CCc1c(NC)ncnc1Oc1ccc(Br)c(C)c1. The minimum atomic E-state index is 0.601. The summed E-state index contributed by atoms with van der Waals surface area (Å²) in [5.74, 6) is 2.18. The van der Waals surface area contributed by atoms with Gasteiger partial charge in [0.1, 0.15) is 17.9 Å². The largest absolute Gasteiger partial charge is 0.439 e. The Morgan fingerprint density at radius 1 is 1.32 bits per heavy atom. The number of benzene rings is 1. The van der Waals surface area contributed by atoms with Gasteiger partial charge in [-0.25, -0.2) is 9.97 Å². The molecule has 0 atom stereocenters. The summed E-state index contributed by atoms with van der Waals surface area (Å²) in [6.45, 7) is 4.08. The molecule has 0 aliphatic carbocycles. The van der Waals surface area contributed by atoms with E-state index >= 15 is 0 Å². The third-order valence-corrected chi connectivity index (χ3v) is 3.73. The lowest BCUT2D eigenvalue weighted by Crippen LogP contribution is -2.02. The average Bonchev–Trinajstić information content (AvgIpc) is 2.42. The number of halogens is 1. The molecule has 0 bridgehead atoms. The number of anilines is 1. The van der Waals surface area contributed by atoms with Crippen molar-refractivity contribution in [2.24, 2.45) is 0 Å². The van der Waals surface area contributed by atoms with Crippen molar-refractivity contribution in [1.82, 2.24) is 9.97 Å². The number of ether oxygens (including phenoxy) is 1. The van der Waals surface area contributed by atoms with E-state index in [-0.39, 0.29) is 0 Å². The predicted molar refractivity (Wildman–Crippen MR) is 79.9 cm³/mol. The maximum absolute atomic E-state index is 5.87. The maximum Gasteiger partial charge on any atom is 0.227 e. The second kappa shape index (κ2) is 6.02. The van der Waals surface area contributed by atoms with Gasteiger partial charge in [0.15, 0.2) is 0 Å². The molecule has 0 radical (unpaired) electrons. The van der Waals surface area contributed by atoms with E-state index in [1.807, 2.05) is 32.2 Å². The van der Waals surface area contributed by atoms with Crippen molar-refractivity contribution < 1.29 is 4.74 Å². The first kappa shape index (κ1) is 13.8. The van der Waals surface area contributed by atoms with Crippen molar-refractivity contribution in [2.45, 2.75) is 20.3 Å². The van der Waals surface area contributed by atoms with Crippen LogP contribution in [0, 0.1) is 6.92 Å². The van der Waals surface area contributed by atoms with Gasteiger partial charge in [-0.15, -0.1) is 0 Å². The van der Waals surface area contributed by atoms with Gasteiger partial charge < -0.3 is 10.1 Å². The van der Waals surface area contributed by atoms with Crippen LogP contribution in [-0.2, 0) is 6.42 Å². The third-order valence-electron chi connectivity index (χ3n) is 2.84. The van der Waals surface area contributed by atoms with Crippen molar-refractivity contribution in [1.29, 1.82) is 0 Å². The van der Waals surface area contributed by atoms with Gasteiger partial charge in [0.05, 0.1) is 5.56 Å².